The standard InChI is InChI=1S/C26H31N3O2/c1-4-13-29(16-25(30)28-22-8-6-5-7-18(22)3)26(31)19-10-12-24-21(15-19)20-14-17(2)9-11-23(20)27-24/h5-8,10,12,15,17,27H,4,9,11,13-14,16H2,1-3H3,(H,28,30)/t17-/m1/s1. The van der Waals surface area contributed by atoms with Gasteiger partial charge in [-0.2, -0.15) is 0 Å². The Hall–Kier alpha value is -3.08. The van der Waals surface area contributed by atoms with Crippen molar-refractivity contribution in [1.82, 2.24) is 9.88 Å². The molecule has 2 N–H and O–H groups in total. The molecule has 0 spiro atoms. The number of carbonyl (C=O) groups is 2. The minimum Gasteiger partial charge on any atom is -0.358 e. The molecule has 1 atom stereocenters. The number of carbonyl (C=O) groups excluding carboxylic acids is 2. The van der Waals surface area contributed by atoms with Crippen molar-refractivity contribution < 1.29 is 9.59 Å². The number of para-hydroxylation sites is 1. The maximum Gasteiger partial charge on any atom is 0.254 e. The van der Waals surface area contributed by atoms with Crippen LogP contribution in [0.15, 0.2) is 42.5 Å². The van der Waals surface area contributed by atoms with E-state index in [4.69, 9.17) is 0 Å². The molecule has 5 heteroatoms. The molecule has 162 valence electrons. The summed E-state index contributed by atoms with van der Waals surface area (Å²) in [6, 6.07) is 13.6. The van der Waals surface area contributed by atoms with Crippen LogP contribution in [0, 0.1) is 12.8 Å². The zero-order valence-electron chi connectivity index (χ0n) is 18.6. The first-order valence-corrected chi connectivity index (χ1v) is 11.2. The number of aryl methyl sites for hydroxylation is 2. The Labute approximate surface area is 183 Å². The van der Waals surface area contributed by atoms with Gasteiger partial charge in [-0.05, 0) is 73.9 Å². The highest BCUT2D eigenvalue weighted by molar-refractivity contribution is 6.02. The van der Waals surface area contributed by atoms with Crippen molar-refractivity contribution in [2.24, 2.45) is 5.92 Å². The lowest BCUT2D eigenvalue weighted by Gasteiger charge is -2.22. The maximum atomic E-state index is 13.3. The van der Waals surface area contributed by atoms with Gasteiger partial charge in [0.15, 0.2) is 0 Å². The van der Waals surface area contributed by atoms with E-state index < -0.39 is 0 Å². The molecule has 0 saturated heterocycles. The molecule has 31 heavy (non-hydrogen) atoms. The van der Waals surface area contributed by atoms with Crippen molar-refractivity contribution in [2.75, 3.05) is 18.4 Å². The number of benzene rings is 2. The number of anilines is 1. The van der Waals surface area contributed by atoms with E-state index in [2.05, 4.69) is 17.2 Å². The molecule has 0 unspecified atom stereocenters. The average Bonchev–Trinajstić information content (AvgIpc) is 3.11. The van der Waals surface area contributed by atoms with E-state index >= 15 is 0 Å². The summed E-state index contributed by atoms with van der Waals surface area (Å²) < 4.78 is 0. The summed E-state index contributed by atoms with van der Waals surface area (Å²) in [5.74, 6) is 0.389. The predicted octanol–water partition coefficient (Wildman–Crippen LogP) is 5.09. The number of aromatic nitrogens is 1. The van der Waals surface area contributed by atoms with Gasteiger partial charge in [-0.3, -0.25) is 9.59 Å². The van der Waals surface area contributed by atoms with Gasteiger partial charge in [0.1, 0.15) is 6.54 Å². The number of nitrogens with zero attached hydrogens (tertiary/aromatic N) is 1. The fourth-order valence-electron chi connectivity index (χ4n) is 4.51. The molecule has 0 saturated carbocycles. The lowest BCUT2D eigenvalue weighted by Crippen LogP contribution is -2.38. The Kier molecular flexibility index (Phi) is 6.12. The van der Waals surface area contributed by atoms with Crippen LogP contribution in [0.3, 0.4) is 0 Å². The highest BCUT2D eigenvalue weighted by Gasteiger charge is 2.23. The number of rotatable bonds is 6. The number of fused-ring (bicyclic) bond motifs is 3. The number of H-pyrrole nitrogens is 1. The molecule has 0 fully saturated rings. The molecule has 2 aromatic carbocycles. The minimum atomic E-state index is -0.176. The summed E-state index contributed by atoms with van der Waals surface area (Å²) in [6.07, 6.45) is 4.11. The van der Waals surface area contributed by atoms with Crippen molar-refractivity contribution in [2.45, 2.75) is 46.5 Å². The maximum absolute atomic E-state index is 13.3. The van der Waals surface area contributed by atoms with Gasteiger partial charge in [0.2, 0.25) is 5.91 Å². The van der Waals surface area contributed by atoms with Crippen LogP contribution in [0.5, 0.6) is 0 Å². The van der Waals surface area contributed by atoms with E-state index in [9.17, 15) is 9.59 Å². The largest absolute Gasteiger partial charge is 0.358 e. The summed E-state index contributed by atoms with van der Waals surface area (Å²) in [5.41, 5.74) is 6.18. The fourth-order valence-corrected chi connectivity index (χ4v) is 4.51. The second-order valence-electron chi connectivity index (χ2n) is 8.78. The lowest BCUT2D eigenvalue weighted by molar-refractivity contribution is -0.116. The van der Waals surface area contributed by atoms with Crippen molar-refractivity contribution in [3.05, 3.63) is 64.8 Å². The molecular formula is C26H31N3O2. The quantitative estimate of drug-likeness (QED) is 0.587. The fraction of sp³-hybridized carbons (Fsp3) is 0.385. The van der Waals surface area contributed by atoms with Gasteiger partial charge >= 0.3 is 0 Å². The van der Waals surface area contributed by atoms with Crippen LogP contribution in [0.4, 0.5) is 5.69 Å². The first-order valence-electron chi connectivity index (χ1n) is 11.2. The summed E-state index contributed by atoms with van der Waals surface area (Å²) in [7, 11) is 0. The number of nitrogens with one attached hydrogen (secondary N) is 2. The molecule has 4 rings (SSSR count). The van der Waals surface area contributed by atoms with Gasteiger partial charge < -0.3 is 15.2 Å². The highest BCUT2D eigenvalue weighted by atomic mass is 16.2. The Bertz CT molecular complexity index is 1120. The van der Waals surface area contributed by atoms with Crippen molar-refractivity contribution in [3.8, 4) is 0 Å². The van der Waals surface area contributed by atoms with Crippen molar-refractivity contribution >= 4 is 28.4 Å². The molecule has 0 aliphatic heterocycles. The summed E-state index contributed by atoms with van der Waals surface area (Å²) >= 11 is 0. The van der Waals surface area contributed by atoms with Crippen LogP contribution < -0.4 is 5.32 Å². The Morgan fingerprint density at radius 3 is 2.77 bits per heavy atom. The smallest absolute Gasteiger partial charge is 0.254 e. The van der Waals surface area contributed by atoms with Gasteiger partial charge in [-0.1, -0.05) is 32.0 Å². The third kappa shape index (κ3) is 4.50. The normalized spacial score (nSPS) is 15.5. The molecule has 0 radical (unpaired) electrons. The zero-order chi connectivity index (χ0) is 22.0. The number of amides is 2. The molecular weight excluding hydrogens is 386 g/mol. The van der Waals surface area contributed by atoms with Gasteiger partial charge in [0, 0.05) is 34.4 Å². The third-order valence-electron chi connectivity index (χ3n) is 6.22. The van der Waals surface area contributed by atoms with Crippen LogP contribution in [0.1, 0.15) is 53.9 Å². The van der Waals surface area contributed by atoms with E-state index in [0.29, 0.717) is 18.0 Å². The molecule has 1 aliphatic carbocycles. The van der Waals surface area contributed by atoms with Crippen LogP contribution in [0.2, 0.25) is 0 Å². The first-order chi connectivity index (χ1) is 15.0. The topological polar surface area (TPSA) is 65.2 Å². The second kappa shape index (κ2) is 8.96. The van der Waals surface area contributed by atoms with Gasteiger partial charge in [0.25, 0.3) is 5.91 Å². The molecule has 5 nitrogen and oxygen atoms in total. The predicted molar refractivity (Wildman–Crippen MR) is 125 cm³/mol. The molecule has 0 bridgehead atoms. The summed E-state index contributed by atoms with van der Waals surface area (Å²) in [5, 5.41) is 4.09. The second-order valence-corrected chi connectivity index (χ2v) is 8.78. The van der Waals surface area contributed by atoms with Crippen LogP contribution in [-0.2, 0) is 17.6 Å². The van der Waals surface area contributed by atoms with Crippen molar-refractivity contribution in [1.29, 1.82) is 0 Å². The third-order valence-corrected chi connectivity index (χ3v) is 6.22. The van der Waals surface area contributed by atoms with E-state index in [-0.39, 0.29) is 18.4 Å². The molecule has 1 aliphatic rings. The Balaban J connectivity index is 1.55. The number of hydrogen-bond acceptors (Lipinski definition) is 2. The van der Waals surface area contributed by atoms with Gasteiger partial charge in [-0.25, -0.2) is 0 Å². The number of aromatic amines is 1. The van der Waals surface area contributed by atoms with Gasteiger partial charge in [0.05, 0.1) is 0 Å². The number of hydrogen-bond donors (Lipinski definition) is 2. The van der Waals surface area contributed by atoms with Crippen LogP contribution in [0.25, 0.3) is 10.9 Å². The first kappa shape index (κ1) is 21.2. The summed E-state index contributed by atoms with van der Waals surface area (Å²) in [4.78, 5) is 31.2. The Morgan fingerprint density at radius 1 is 1.19 bits per heavy atom. The SMILES string of the molecule is CCCN(CC(=O)Nc1ccccc1C)C(=O)c1ccc2[nH]c3c(c2c1)C[C@H](C)CC3. The summed E-state index contributed by atoms with van der Waals surface area (Å²) in [6.45, 7) is 6.85. The van der Waals surface area contributed by atoms with E-state index in [1.165, 1.54) is 17.7 Å². The molecule has 2 amide bonds. The minimum absolute atomic E-state index is 0.0430. The monoisotopic (exact) mass is 417 g/mol. The lowest BCUT2D eigenvalue weighted by atomic mass is 9.87. The van der Waals surface area contributed by atoms with E-state index in [1.807, 2.05) is 56.3 Å². The molecule has 1 heterocycles. The Morgan fingerprint density at radius 2 is 2.00 bits per heavy atom. The van der Waals surface area contributed by atoms with Crippen LogP contribution >= 0.6 is 0 Å². The highest BCUT2D eigenvalue weighted by Crippen LogP contribution is 2.32. The average molecular weight is 418 g/mol. The van der Waals surface area contributed by atoms with E-state index in [0.717, 1.165) is 41.4 Å². The molecule has 3 aromatic rings. The van der Waals surface area contributed by atoms with Crippen molar-refractivity contribution in [3.63, 3.8) is 0 Å². The van der Waals surface area contributed by atoms with Gasteiger partial charge in [-0.15, -0.1) is 0 Å². The van der Waals surface area contributed by atoms with E-state index in [1.54, 1.807) is 4.90 Å². The molecule has 1 aromatic heterocycles. The zero-order valence-corrected chi connectivity index (χ0v) is 18.6. The van der Waals surface area contributed by atoms with Crippen LogP contribution in [-0.4, -0.2) is 34.8 Å².